The van der Waals surface area contributed by atoms with E-state index in [4.69, 9.17) is 15.0 Å². The highest BCUT2D eigenvalue weighted by molar-refractivity contribution is 4.99. The second-order valence-corrected chi connectivity index (χ2v) is 5.17. The topological polar surface area (TPSA) is 74.2 Å². The van der Waals surface area contributed by atoms with Crippen LogP contribution in [-0.2, 0) is 11.2 Å². The van der Waals surface area contributed by atoms with E-state index in [0.29, 0.717) is 18.1 Å². The van der Waals surface area contributed by atoms with Crippen molar-refractivity contribution >= 4 is 0 Å². The summed E-state index contributed by atoms with van der Waals surface area (Å²) in [5.41, 5.74) is 6.14. The number of alkyl halides is 2. The average Bonchev–Trinajstić information content (AvgIpc) is 2.77. The highest BCUT2D eigenvalue weighted by Gasteiger charge is 2.27. The first-order chi connectivity index (χ1) is 9.66. The van der Waals surface area contributed by atoms with E-state index in [1.807, 2.05) is 0 Å². The molecule has 1 aliphatic rings. The molecule has 0 aromatic carbocycles. The van der Waals surface area contributed by atoms with E-state index in [-0.39, 0.29) is 18.6 Å². The van der Waals surface area contributed by atoms with Crippen LogP contribution < -0.4 is 5.73 Å². The van der Waals surface area contributed by atoms with Gasteiger partial charge in [-0.3, -0.25) is 0 Å². The minimum atomic E-state index is -2.44. The van der Waals surface area contributed by atoms with Crippen LogP contribution in [-0.4, -0.2) is 35.8 Å². The van der Waals surface area contributed by atoms with Gasteiger partial charge < -0.3 is 15.0 Å². The van der Waals surface area contributed by atoms with Crippen LogP contribution in [0.25, 0.3) is 0 Å². The number of hydrogen-bond acceptors (Lipinski definition) is 5. The molecule has 1 aliphatic carbocycles. The summed E-state index contributed by atoms with van der Waals surface area (Å²) in [4.78, 5) is 4.32. The highest BCUT2D eigenvalue weighted by atomic mass is 19.3. The molecule has 2 N–H and O–H groups in total. The Labute approximate surface area is 116 Å². The maximum atomic E-state index is 11.9. The summed E-state index contributed by atoms with van der Waals surface area (Å²) in [5.74, 6) is 1.18. The van der Waals surface area contributed by atoms with Crippen LogP contribution in [0.5, 0.6) is 0 Å². The lowest BCUT2D eigenvalue weighted by Crippen LogP contribution is -2.27. The Bertz CT molecular complexity index is 401. The smallest absolute Gasteiger partial charge is 0.261 e. The van der Waals surface area contributed by atoms with Crippen LogP contribution in [0.4, 0.5) is 8.78 Å². The Balaban J connectivity index is 1.84. The molecule has 114 valence electrons. The van der Waals surface area contributed by atoms with E-state index >= 15 is 0 Å². The second-order valence-electron chi connectivity index (χ2n) is 5.17. The van der Waals surface area contributed by atoms with Gasteiger partial charge in [0.15, 0.2) is 5.82 Å². The van der Waals surface area contributed by atoms with Crippen molar-refractivity contribution in [3.63, 3.8) is 0 Å². The third-order valence-electron chi connectivity index (χ3n) is 3.58. The molecule has 2 unspecified atom stereocenters. The summed E-state index contributed by atoms with van der Waals surface area (Å²) < 4.78 is 33.9. The van der Waals surface area contributed by atoms with Crippen molar-refractivity contribution in [3.05, 3.63) is 11.7 Å². The van der Waals surface area contributed by atoms with Crippen molar-refractivity contribution in [1.82, 2.24) is 10.1 Å². The summed E-state index contributed by atoms with van der Waals surface area (Å²) in [6, 6.07) is 0.0564. The Hall–Kier alpha value is -1.08. The quantitative estimate of drug-likeness (QED) is 0.642. The zero-order valence-electron chi connectivity index (χ0n) is 11.4. The predicted molar refractivity (Wildman–Crippen MR) is 68.6 cm³/mol. The fraction of sp³-hybridized carbons (Fsp3) is 0.846. The van der Waals surface area contributed by atoms with Gasteiger partial charge in [0, 0.05) is 12.5 Å². The summed E-state index contributed by atoms with van der Waals surface area (Å²) in [6.07, 6.45) is 3.31. The predicted octanol–water partition coefficient (Wildman–Crippen LogP) is 2.27. The molecule has 0 bridgehead atoms. The van der Waals surface area contributed by atoms with Crippen molar-refractivity contribution in [2.75, 3.05) is 13.2 Å². The van der Waals surface area contributed by atoms with Gasteiger partial charge in [0.2, 0.25) is 5.89 Å². The number of rotatable bonds is 6. The van der Waals surface area contributed by atoms with Crippen LogP contribution in [0.1, 0.15) is 49.7 Å². The number of nitrogens with two attached hydrogens (primary N) is 1. The van der Waals surface area contributed by atoms with E-state index < -0.39 is 13.0 Å². The molecule has 7 heteroatoms. The largest absolute Gasteiger partial charge is 0.375 e. The van der Waals surface area contributed by atoms with Gasteiger partial charge in [-0.1, -0.05) is 24.4 Å². The number of ether oxygens (including phenoxy) is 1. The van der Waals surface area contributed by atoms with Crippen molar-refractivity contribution in [2.24, 2.45) is 5.73 Å². The number of aromatic nitrogens is 2. The average molecular weight is 289 g/mol. The second kappa shape index (κ2) is 7.64. The minimum absolute atomic E-state index is 0.0564. The van der Waals surface area contributed by atoms with Crippen LogP contribution in [0.15, 0.2) is 4.52 Å². The zero-order valence-corrected chi connectivity index (χ0v) is 11.4. The van der Waals surface area contributed by atoms with Gasteiger partial charge in [-0.15, -0.1) is 0 Å². The fourth-order valence-corrected chi connectivity index (χ4v) is 2.50. The summed E-state index contributed by atoms with van der Waals surface area (Å²) in [7, 11) is 0. The van der Waals surface area contributed by atoms with Gasteiger partial charge in [0.25, 0.3) is 6.43 Å². The lowest BCUT2D eigenvalue weighted by atomic mass is 9.95. The standard InChI is InChI=1S/C13H21F2N3O2/c14-11(15)8-19-7-6-12-17-13(20-18-12)9-4-2-1-3-5-10(9)16/h9-11H,1-8,16H2. The molecule has 0 saturated heterocycles. The zero-order chi connectivity index (χ0) is 14.4. The first-order valence-corrected chi connectivity index (χ1v) is 7.10. The van der Waals surface area contributed by atoms with Gasteiger partial charge >= 0.3 is 0 Å². The van der Waals surface area contributed by atoms with E-state index in [0.717, 1.165) is 25.7 Å². The van der Waals surface area contributed by atoms with Crippen LogP contribution in [0.2, 0.25) is 0 Å². The lowest BCUT2D eigenvalue weighted by molar-refractivity contribution is 0.0182. The molecule has 1 aromatic rings. The van der Waals surface area contributed by atoms with E-state index in [1.54, 1.807) is 0 Å². The van der Waals surface area contributed by atoms with E-state index in [1.165, 1.54) is 6.42 Å². The number of halogens is 2. The van der Waals surface area contributed by atoms with Gasteiger partial charge in [-0.25, -0.2) is 8.78 Å². The summed E-state index contributed by atoms with van der Waals surface area (Å²) >= 11 is 0. The van der Waals surface area contributed by atoms with Crippen LogP contribution in [0, 0.1) is 0 Å². The van der Waals surface area contributed by atoms with Gasteiger partial charge in [-0.2, -0.15) is 4.98 Å². The molecule has 0 spiro atoms. The first kappa shape index (κ1) is 15.3. The monoisotopic (exact) mass is 289 g/mol. The molecule has 5 nitrogen and oxygen atoms in total. The molecule has 20 heavy (non-hydrogen) atoms. The Morgan fingerprint density at radius 3 is 2.90 bits per heavy atom. The molecular weight excluding hydrogens is 268 g/mol. The Morgan fingerprint density at radius 2 is 2.10 bits per heavy atom. The fourth-order valence-electron chi connectivity index (χ4n) is 2.50. The molecule has 1 heterocycles. The van der Waals surface area contributed by atoms with Gasteiger partial charge in [0.05, 0.1) is 12.5 Å². The van der Waals surface area contributed by atoms with Crippen LogP contribution in [0.3, 0.4) is 0 Å². The van der Waals surface area contributed by atoms with Crippen molar-refractivity contribution in [1.29, 1.82) is 0 Å². The Morgan fingerprint density at radius 1 is 1.30 bits per heavy atom. The molecule has 0 radical (unpaired) electrons. The third kappa shape index (κ3) is 4.49. The first-order valence-electron chi connectivity index (χ1n) is 7.10. The van der Waals surface area contributed by atoms with Crippen molar-refractivity contribution < 1.29 is 18.0 Å². The lowest BCUT2D eigenvalue weighted by Gasteiger charge is -2.16. The molecule has 1 aromatic heterocycles. The van der Waals surface area contributed by atoms with E-state index in [9.17, 15) is 8.78 Å². The molecular formula is C13H21F2N3O2. The molecule has 2 rings (SSSR count). The van der Waals surface area contributed by atoms with Crippen LogP contribution >= 0.6 is 0 Å². The van der Waals surface area contributed by atoms with E-state index in [2.05, 4.69) is 10.1 Å². The maximum absolute atomic E-state index is 11.9. The normalized spacial score (nSPS) is 24.0. The molecule has 1 saturated carbocycles. The minimum Gasteiger partial charge on any atom is -0.375 e. The molecule has 1 fully saturated rings. The Kier molecular flexibility index (Phi) is 5.85. The highest BCUT2D eigenvalue weighted by Crippen LogP contribution is 2.29. The third-order valence-corrected chi connectivity index (χ3v) is 3.58. The maximum Gasteiger partial charge on any atom is 0.261 e. The summed E-state index contributed by atoms with van der Waals surface area (Å²) in [6.45, 7) is -0.391. The summed E-state index contributed by atoms with van der Waals surface area (Å²) in [5, 5.41) is 3.86. The molecule has 2 atom stereocenters. The SMILES string of the molecule is NC1CCCCCC1c1nc(CCOCC(F)F)no1. The molecule has 0 aliphatic heterocycles. The van der Waals surface area contributed by atoms with Crippen molar-refractivity contribution in [2.45, 2.75) is 56.9 Å². The number of hydrogen-bond donors (Lipinski definition) is 1. The molecule has 0 amide bonds. The van der Waals surface area contributed by atoms with Crippen molar-refractivity contribution in [3.8, 4) is 0 Å². The van der Waals surface area contributed by atoms with Gasteiger partial charge in [0.1, 0.15) is 6.61 Å². The van der Waals surface area contributed by atoms with Gasteiger partial charge in [-0.05, 0) is 12.8 Å². The number of nitrogens with zero attached hydrogens (tertiary/aromatic N) is 2.